The van der Waals surface area contributed by atoms with Gasteiger partial charge in [0.15, 0.2) is 0 Å². The topological polar surface area (TPSA) is 57.6 Å². The van der Waals surface area contributed by atoms with Gasteiger partial charge < -0.3 is 5.11 Å². The lowest BCUT2D eigenvalue weighted by atomic mass is 10.2. The van der Waals surface area contributed by atoms with Crippen LogP contribution in [0.1, 0.15) is 38.7 Å². The van der Waals surface area contributed by atoms with Gasteiger partial charge in [-0.15, -0.1) is 0 Å². The van der Waals surface area contributed by atoms with Gasteiger partial charge in [0.2, 0.25) is 10.0 Å². The zero-order valence-corrected chi connectivity index (χ0v) is 14.1. The maximum Gasteiger partial charge on any atom is 0.244 e. The van der Waals surface area contributed by atoms with Gasteiger partial charge in [-0.1, -0.05) is 13.0 Å². The lowest BCUT2D eigenvalue weighted by Crippen LogP contribution is -2.39. The summed E-state index contributed by atoms with van der Waals surface area (Å²) < 4.78 is 27.9. The van der Waals surface area contributed by atoms with Gasteiger partial charge in [-0.3, -0.25) is 0 Å². The third-order valence-corrected chi connectivity index (χ3v) is 6.96. The number of hydrogen-bond acceptors (Lipinski definition) is 3. The van der Waals surface area contributed by atoms with Crippen LogP contribution in [0.2, 0.25) is 0 Å². The summed E-state index contributed by atoms with van der Waals surface area (Å²) in [6.07, 6.45) is 2.66. The number of hydrogen-bond donors (Lipinski definition) is 1. The van der Waals surface area contributed by atoms with Crippen molar-refractivity contribution in [3.63, 3.8) is 0 Å². The molecule has 0 spiro atoms. The van der Waals surface area contributed by atoms with Crippen LogP contribution in [0.5, 0.6) is 0 Å². The largest absolute Gasteiger partial charge is 0.392 e. The molecule has 1 aromatic carbocycles. The summed E-state index contributed by atoms with van der Waals surface area (Å²) in [6.45, 7) is 3.88. The SMILES string of the molecule is CCC1CCC(C)N1S(=O)(=O)c1ccc(CO)cc1Br. The maximum absolute atomic E-state index is 12.9. The Morgan fingerprint density at radius 2 is 2.10 bits per heavy atom. The van der Waals surface area contributed by atoms with Crippen LogP contribution in [-0.4, -0.2) is 29.9 Å². The fourth-order valence-corrected chi connectivity index (χ4v) is 5.87. The van der Waals surface area contributed by atoms with Gasteiger partial charge in [-0.2, -0.15) is 4.31 Å². The van der Waals surface area contributed by atoms with Gasteiger partial charge in [0, 0.05) is 16.6 Å². The smallest absolute Gasteiger partial charge is 0.244 e. The Morgan fingerprint density at radius 3 is 2.65 bits per heavy atom. The molecule has 0 amide bonds. The van der Waals surface area contributed by atoms with Gasteiger partial charge in [0.1, 0.15) is 0 Å². The molecule has 0 radical (unpaired) electrons. The molecule has 1 N–H and O–H groups in total. The van der Waals surface area contributed by atoms with Crippen molar-refractivity contribution < 1.29 is 13.5 Å². The molecule has 0 saturated carbocycles. The highest BCUT2D eigenvalue weighted by Gasteiger charge is 2.39. The molecule has 1 saturated heterocycles. The minimum absolute atomic E-state index is 0.0365. The molecule has 1 aliphatic rings. The molecule has 0 aliphatic carbocycles. The van der Waals surface area contributed by atoms with E-state index in [9.17, 15) is 8.42 Å². The van der Waals surface area contributed by atoms with Gasteiger partial charge in [0.05, 0.1) is 11.5 Å². The average molecular weight is 362 g/mol. The fourth-order valence-electron chi connectivity index (χ4n) is 2.83. The molecule has 0 bridgehead atoms. The summed E-state index contributed by atoms with van der Waals surface area (Å²) in [5.41, 5.74) is 0.692. The van der Waals surface area contributed by atoms with Crippen molar-refractivity contribution in [2.24, 2.45) is 0 Å². The Morgan fingerprint density at radius 1 is 1.40 bits per heavy atom. The number of halogens is 1. The lowest BCUT2D eigenvalue weighted by molar-refractivity contribution is 0.281. The summed E-state index contributed by atoms with van der Waals surface area (Å²) in [5, 5.41) is 9.11. The predicted octanol–water partition coefficient (Wildman–Crippen LogP) is 2.89. The Kier molecular flexibility index (Phi) is 4.89. The second-order valence-electron chi connectivity index (χ2n) is 5.25. The number of rotatable bonds is 4. The van der Waals surface area contributed by atoms with Crippen molar-refractivity contribution in [3.05, 3.63) is 28.2 Å². The number of benzene rings is 1. The summed E-state index contributed by atoms with van der Waals surface area (Å²) in [4.78, 5) is 0.280. The normalized spacial score (nSPS) is 24.2. The average Bonchev–Trinajstić information content (AvgIpc) is 2.80. The van der Waals surface area contributed by atoms with Crippen LogP contribution < -0.4 is 0 Å². The molecule has 2 atom stereocenters. The van der Waals surface area contributed by atoms with Crippen molar-refractivity contribution in [3.8, 4) is 0 Å². The summed E-state index contributed by atoms with van der Waals surface area (Å²) in [5.74, 6) is 0. The molecule has 2 unspecified atom stereocenters. The zero-order valence-electron chi connectivity index (χ0n) is 11.7. The third-order valence-electron chi connectivity index (χ3n) is 3.92. The van der Waals surface area contributed by atoms with Crippen LogP contribution in [0.4, 0.5) is 0 Å². The van der Waals surface area contributed by atoms with Crippen LogP contribution >= 0.6 is 15.9 Å². The highest BCUT2D eigenvalue weighted by molar-refractivity contribution is 9.10. The Balaban J connectivity index is 2.44. The Bertz CT molecular complexity index is 588. The van der Waals surface area contributed by atoms with E-state index in [1.807, 2.05) is 13.8 Å². The second-order valence-corrected chi connectivity index (χ2v) is 7.91. The van der Waals surface area contributed by atoms with Gasteiger partial charge in [-0.05, 0) is 59.8 Å². The number of sulfonamides is 1. The van der Waals surface area contributed by atoms with E-state index in [-0.39, 0.29) is 23.6 Å². The minimum Gasteiger partial charge on any atom is -0.392 e. The van der Waals surface area contributed by atoms with E-state index in [2.05, 4.69) is 15.9 Å². The first-order valence-corrected chi connectivity index (χ1v) is 9.08. The van der Waals surface area contributed by atoms with Crippen molar-refractivity contribution in [1.29, 1.82) is 0 Å². The molecule has 1 aromatic rings. The molecular weight excluding hydrogens is 342 g/mol. The first-order valence-electron chi connectivity index (χ1n) is 6.84. The van der Waals surface area contributed by atoms with E-state index in [4.69, 9.17) is 5.11 Å². The lowest BCUT2D eigenvalue weighted by Gasteiger charge is -2.27. The van der Waals surface area contributed by atoms with Gasteiger partial charge in [-0.25, -0.2) is 8.42 Å². The number of nitrogens with zero attached hydrogens (tertiary/aromatic N) is 1. The van der Waals surface area contributed by atoms with Crippen LogP contribution in [0.3, 0.4) is 0 Å². The van der Waals surface area contributed by atoms with E-state index in [0.717, 1.165) is 19.3 Å². The molecule has 6 heteroatoms. The zero-order chi connectivity index (χ0) is 14.9. The van der Waals surface area contributed by atoms with Crippen LogP contribution in [0.25, 0.3) is 0 Å². The maximum atomic E-state index is 12.9. The summed E-state index contributed by atoms with van der Waals surface area (Å²) in [7, 11) is -3.50. The second kappa shape index (κ2) is 6.13. The molecule has 1 heterocycles. The van der Waals surface area contributed by atoms with Crippen LogP contribution in [-0.2, 0) is 16.6 Å². The van der Waals surface area contributed by atoms with Crippen molar-refractivity contribution in [1.82, 2.24) is 4.31 Å². The predicted molar refractivity (Wildman–Crippen MR) is 81.9 cm³/mol. The molecule has 20 heavy (non-hydrogen) atoms. The summed E-state index contributed by atoms with van der Waals surface area (Å²) >= 11 is 3.32. The van der Waals surface area contributed by atoms with Gasteiger partial charge >= 0.3 is 0 Å². The van der Waals surface area contributed by atoms with E-state index >= 15 is 0 Å². The quantitative estimate of drug-likeness (QED) is 0.896. The fraction of sp³-hybridized carbons (Fsp3) is 0.571. The molecule has 4 nitrogen and oxygen atoms in total. The van der Waals surface area contributed by atoms with E-state index in [0.29, 0.717) is 10.0 Å². The standard InChI is InChI=1S/C14H20BrNO3S/c1-3-12-6-4-10(2)16(12)20(18,19)14-7-5-11(9-17)8-13(14)15/h5,7-8,10,12,17H,3-4,6,9H2,1-2H3. The highest BCUT2D eigenvalue weighted by atomic mass is 79.9. The van der Waals surface area contributed by atoms with Crippen LogP contribution in [0, 0.1) is 0 Å². The van der Waals surface area contributed by atoms with E-state index in [1.165, 1.54) is 0 Å². The molecule has 1 fully saturated rings. The summed E-state index contributed by atoms with van der Waals surface area (Å²) in [6, 6.07) is 5.00. The van der Waals surface area contributed by atoms with Crippen LogP contribution in [0.15, 0.2) is 27.6 Å². The molecule has 0 aromatic heterocycles. The number of aliphatic hydroxyl groups is 1. The van der Waals surface area contributed by atoms with Crippen molar-refractivity contribution in [2.75, 3.05) is 0 Å². The van der Waals surface area contributed by atoms with E-state index < -0.39 is 10.0 Å². The first-order chi connectivity index (χ1) is 9.41. The van der Waals surface area contributed by atoms with E-state index in [1.54, 1.807) is 22.5 Å². The molecular formula is C14H20BrNO3S. The monoisotopic (exact) mass is 361 g/mol. The van der Waals surface area contributed by atoms with Gasteiger partial charge in [0.25, 0.3) is 0 Å². The first kappa shape index (κ1) is 15.9. The van der Waals surface area contributed by atoms with Crippen molar-refractivity contribution in [2.45, 2.75) is 56.7 Å². The highest BCUT2D eigenvalue weighted by Crippen LogP contribution is 2.35. The molecule has 112 valence electrons. The molecule has 1 aliphatic heterocycles. The third kappa shape index (κ3) is 2.79. The number of aliphatic hydroxyl groups excluding tert-OH is 1. The minimum atomic E-state index is -3.50. The Hall–Kier alpha value is -0.430. The van der Waals surface area contributed by atoms with Crippen molar-refractivity contribution >= 4 is 26.0 Å². The Labute approximate surface area is 129 Å². The molecule has 2 rings (SSSR count).